The highest BCUT2D eigenvalue weighted by Crippen LogP contribution is 2.24. The van der Waals surface area contributed by atoms with E-state index in [1.165, 1.54) is 5.56 Å². The first-order valence-corrected chi connectivity index (χ1v) is 8.45. The minimum absolute atomic E-state index is 0.344. The normalized spacial score (nSPS) is 18.0. The maximum absolute atomic E-state index is 12.2. The molecule has 0 spiro atoms. The summed E-state index contributed by atoms with van der Waals surface area (Å²) in [5.41, 5.74) is 2.29. The maximum Gasteiger partial charge on any atom is 0.345 e. The Morgan fingerprint density at radius 2 is 2.12 bits per heavy atom. The summed E-state index contributed by atoms with van der Waals surface area (Å²) < 4.78 is 34.3. The third-order valence-electron chi connectivity index (χ3n) is 4.20. The van der Waals surface area contributed by atoms with Crippen LogP contribution in [0.4, 0.5) is 8.78 Å². The summed E-state index contributed by atoms with van der Waals surface area (Å²) in [6.07, 6.45) is 3.21. The maximum atomic E-state index is 12.2. The molecule has 1 N–H and O–H groups in total. The Balaban J connectivity index is 0.00000100. The van der Waals surface area contributed by atoms with E-state index >= 15 is 0 Å². The number of rotatable bonds is 6. The van der Waals surface area contributed by atoms with Gasteiger partial charge in [-0.3, -0.25) is 0 Å². The number of benzene rings is 1. The Labute approximate surface area is 141 Å². The summed E-state index contributed by atoms with van der Waals surface area (Å²) in [5, 5.41) is 1.15. The van der Waals surface area contributed by atoms with Crippen LogP contribution in [0.15, 0.2) is 24.4 Å². The lowest BCUT2D eigenvalue weighted by molar-refractivity contribution is -0.158. The van der Waals surface area contributed by atoms with Crippen LogP contribution in [0.5, 0.6) is 5.75 Å². The highest BCUT2D eigenvalue weighted by atomic mass is 19.3. The van der Waals surface area contributed by atoms with Gasteiger partial charge in [-0.25, -0.2) is 0 Å². The van der Waals surface area contributed by atoms with Gasteiger partial charge in [0, 0.05) is 36.7 Å². The van der Waals surface area contributed by atoms with Gasteiger partial charge >= 0.3 is 6.61 Å². The smallest absolute Gasteiger partial charge is 0.345 e. The lowest BCUT2D eigenvalue weighted by atomic mass is 10.1. The van der Waals surface area contributed by atoms with Crippen LogP contribution in [0, 0.1) is 0 Å². The van der Waals surface area contributed by atoms with Crippen LogP contribution < -0.4 is 4.74 Å². The van der Waals surface area contributed by atoms with Crippen molar-refractivity contribution in [3.63, 3.8) is 0 Å². The Morgan fingerprint density at radius 3 is 2.83 bits per heavy atom. The Kier molecular flexibility index (Phi) is 6.99. The van der Waals surface area contributed by atoms with Crippen molar-refractivity contribution < 1.29 is 18.3 Å². The molecule has 0 bridgehead atoms. The van der Waals surface area contributed by atoms with E-state index in [4.69, 9.17) is 4.74 Å². The molecule has 24 heavy (non-hydrogen) atoms. The average molecular weight is 340 g/mol. The predicted octanol–water partition coefficient (Wildman–Crippen LogP) is 4.06. The van der Waals surface area contributed by atoms with Gasteiger partial charge < -0.3 is 19.4 Å². The molecule has 0 saturated carbocycles. The lowest BCUT2D eigenvalue weighted by Crippen LogP contribution is -2.26. The summed E-state index contributed by atoms with van der Waals surface area (Å²) in [7, 11) is 1.65. The highest BCUT2D eigenvalue weighted by Gasteiger charge is 2.25. The number of ether oxygens (including phenoxy) is 2. The van der Waals surface area contributed by atoms with Crippen molar-refractivity contribution in [3.05, 3.63) is 30.0 Å². The Morgan fingerprint density at radius 1 is 1.33 bits per heavy atom. The molecular formula is C18H26F2N2O2. The Bertz CT molecular complexity index is 631. The minimum atomic E-state index is -2.67. The number of nitrogens with one attached hydrogen (secondary N) is 1. The standard InChI is InChI=1S/C16H20F2N2O2.C2H6/c1-21-12-2-3-15-14(8-12)11(9-19-15)4-6-20-7-5-13(10-20)22-16(17)18;1-2/h2-3,8-9,13,16,19H,4-7,10H2,1H3;1-2H3. The van der Waals surface area contributed by atoms with Crippen LogP contribution in [0.2, 0.25) is 0 Å². The number of aromatic nitrogens is 1. The van der Waals surface area contributed by atoms with E-state index in [1.807, 2.05) is 38.2 Å². The highest BCUT2D eigenvalue weighted by molar-refractivity contribution is 5.84. The van der Waals surface area contributed by atoms with Crippen LogP contribution in [0.1, 0.15) is 25.8 Å². The molecule has 0 radical (unpaired) electrons. The van der Waals surface area contributed by atoms with Crippen molar-refractivity contribution in [2.75, 3.05) is 26.7 Å². The fraction of sp³-hybridized carbons (Fsp3) is 0.556. The number of hydrogen-bond donors (Lipinski definition) is 1. The van der Waals surface area contributed by atoms with Gasteiger partial charge in [0.15, 0.2) is 0 Å². The van der Waals surface area contributed by atoms with Crippen molar-refractivity contribution in [1.82, 2.24) is 9.88 Å². The molecule has 6 heteroatoms. The van der Waals surface area contributed by atoms with Gasteiger partial charge in [0.25, 0.3) is 0 Å². The van der Waals surface area contributed by atoms with E-state index in [0.29, 0.717) is 13.0 Å². The van der Waals surface area contributed by atoms with Crippen molar-refractivity contribution in [2.45, 2.75) is 39.4 Å². The van der Waals surface area contributed by atoms with E-state index in [1.54, 1.807) is 7.11 Å². The first kappa shape index (κ1) is 18.7. The van der Waals surface area contributed by atoms with Gasteiger partial charge in [0.05, 0.1) is 13.2 Å². The monoisotopic (exact) mass is 340 g/mol. The first-order valence-electron chi connectivity index (χ1n) is 8.45. The number of fused-ring (bicyclic) bond motifs is 1. The average Bonchev–Trinajstić information content (AvgIpc) is 3.20. The van der Waals surface area contributed by atoms with E-state index in [-0.39, 0.29) is 6.10 Å². The third-order valence-corrected chi connectivity index (χ3v) is 4.20. The molecule has 0 aliphatic carbocycles. The zero-order chi connectivity index (χ0) is 17.5. The quantitative estimate of drug-likeness (QED) is 0.862. The second kappa shape index (κ2) is 8.99. The molecular weight excluding hydrogens is 314 g/mol. The molecule has 1 atom stereocenters. The van der Waals surface area contributed by atoms with Crippen LogP contribution in [0.3, 0.4) is 0 Å². The van der Waals surface area contributed by atoms with Crippen LogP contribution in [-0.2, 0) is 11.2 Å². The van der Waals surface area contributed by atoms with Crippen LogP contribution in [-0.4, -0.2) is 49.3 Å². The van der Waals surface area contributed by atoms with E-state index < -0.39 is 6.61 Å². The molecule has 1 aliphatic rings. The number of nitrogens with zero attached hydrogens (tertiary/aromatic N) is 1. The second-order valence-corrected chi connectivity index (χ2v) is 5.58. The summed E-state index contributed by atoms with van der Waals surface area (Å²) >= 11 is 0. The molecule has 3 rings (SSSR count). The molecule has 2 heterocycles. The summed E-state index contributed by atoms with van der Waals surface area (Å²) in [5.74, 6) is 0.833. The molecule has 1 fully saturated rings. The first-order chi connectivity index (χ1) is 11.7. The number of methoxy groups -OCH3 is 1. The topological polar surface area (TPSA) is 37.5 Å². The zero-order valence-electron chi connectivity index (χ0n) is 14.5. The van der Waals surface area contributed by atoms with Gasteiger partial charge in [-0.1, -0.05) is 13.8 Å². The molecule has 1 aliphatic heterocycles. The van der Waals surface area contributed by atoms with E-state index in [0.717, 1.165) is 36.2 Å². The summed E-state index contributed by atoms with van der Waals surface area (Å²) in [6, 6.07) is 5.95. The fourth-order valence-corrected chi connectivity index (χ4v) is 3.03. The molecule has 0 amide bonds. The van der Waals surface area contributed by atoms with Crippen molar-refractivity contribution >= 4 is 10.9 Å². The predicted molar refractivity (Wildman–Crippen MR) is 91.8 cm³/mol. The minimum Gasteiger partial charge on any atom is -0.497 e. The summed E-state index contributed by atoms with van der Waals surface area (Å²) in [4.78, 5) is 5.42. The summed E-state index contributed by atoms with van der Waals surface area (Å²) in [6.45, 7) is 3.55. The molecule has 1 unspecified atom stereocenters. The number of likely N-dealkylation sites (tertiary alicyclic amines) is 1. The van der Waals surface area contributed by atoms with Crippen LogP contribution >= 0.6 is 0 Å². The van der Waals surface area contributed by atoms with Crippen molar-refractivity contribution in [2.24, 2.45) is 0 Å². The van der Waals surface area contributed by atoms with Gasteiger partial charge in [0.2, 0.25) is 0 Å². The third kappa shape index (κ3) is 4.68. The van der Waals surface area contributed by atoms with Crippen LogP contribution in [0.25, 0.3) is 10.9 Å². The van der Waals surface area contributed by atoms with E-state index in [2.05, 4.69) is 14.6 Å². The van der Waals surface area contributed by atoms with E-state index in [9.17, 15) is 8.78 Å². The van der Waals surface area contributed by atoms with Gasteiger partial charge in [-0.05, 0) is 36.6 Å². The fourth-order valence-electron chi connectivity index (χ4n) is 3.03. The zero-order valence-corrected chi connectivity index (χ0v) is 14.5. The molecule has 2 aromatic rings. The number of H-pyrrole nitrogens is 1. The van der Waals surface area contributed by atoms with Crippen molar-refractivity contribution in [1.29, 1.82) is 0 Å². The second-order valence-electron chi connectivity index (χ2n) is 5.58. The SMILES string of the molecule is CC.COc1ccc2[nH]cc(CCN3CCC(OC(F)F)C3)c2c1. The molecule has 134 valence electrons. The number of hydrogen-bond acceptors (Lipinski definition) is 3. The molecule has 1 aromatic heterocycles. The van der Waals surface area contributed by atoms with Gasteiger partial charge in [-0.2, -0.15) is 8.78 Å². The van der Waals surface area contributed by atoms with Crippen molar-refractivity contribution in [3.8, 4) is 5.75 Å². The number of halogens is 2. The molecule has 4 nitrogen and oxygen atoms in total. The lowest BCUT2D eigenvalue weighted by Gasteiger charge is -2.15. The molecule has 1 aromatic carbocycles. The largest absolute Gasteiger partial charge is 0.497 e. The van der Waals surface area contributed by atoms with Gasteiger partial charge in [0.1, 0.15) is 5.75 Å². The molecule has 1 saturated heterocycles. The van der Waals surface area contributed by atoms with Gasteiger partial charge in [-0.15, -0.1) is 0 Å². The number of aromatic amines is 1. The Hall–Kier alpha value is -1.66. The number of alkyl halides is 2.